The summed E-state index contributed by atoms with van der Waals surface area (Å²) in [5.41, 5.74) is 2.30. The Balaban J connectivity index is 1.56. The van der Waals surface area contributed by atoms with E-state index in [2.05, 4.69) is 9.88 Å². The third-order valence-electron chi connectivity index (χ3n) is 6.05. The molecule has 7 nitrogen and oxygen atoms in total. The van der Waals surface area contributed by atoms with Gasteiger partial charge in [0, 0.05) is 37.2 Å². The molecule has 3 amide bonds. The van der Waals surface area contributed by atoms with Crippen LogP contribution in [0.5, 0.6) is 5.75 Å². The highest BCUT2D eigenvalue weighted by atomic mass is 35.5. The predicted molar refractivity (Wildman–Crippen MR) is 133 cm³/mol. The SMILES string of the molecule is CCCN(CC(=O)N1CCn2cccc2C1c1cccc(OC)c1)C(=O)Nc1ccc(F)c(Cl)c1. The lowest BCUT2D eigenvalue weighted by molar-refractivity contribution is -0.134. The van der Waals surface area contributed by atoms with Gasteiger partial charge in [0.05, 0.1) is 18.2 Å². The normalized spacial score (nSPS) is 14.9. The van der Waals surface area contributed by atoms with Crippen LogP contribution in [0.4, 0.5) is 14.9 Å². The van der Waals surface area contributed by atoms with Gasteiger partial charge in [-0.2, -0.15) is 0 Å². The van der Waals surface area contributed by atoms with Gasteiger partial charge < -0.3 is 24.4 Å². The molecule has 0 saturated heterocycles. The molecule has 0 radical (unpaired) electrons. The fourth-order valence-electron chi connectivity index (χ4n) is 4.37. The quantitative estimate of drug-likeness (QED) is 0.489. The standard InChI is InChI=1S/C26H28ClFN4O3/c1-3-11-31(26(34)29-19-9-10-22(28)21(27)16-19)17-24(33)32-14-13-30-12-5-8-23(30)25(32)18-6-4-7-20(15-18)35-2/h4-10,12,15-16,25H,3,11,13-14,17H2,1-2H3,(H,29,34). The highest BCUT2D eigenvalue weighted by molar-refractivity contribution is 6.31. The first-order valence-corrected chi connectivity index (χ1v) is 11.9. The molecule has 2 aromatic carbocycles. The van der Waals surface area contributed by atoms with Crippen LogP contribution < -0.4 is 10.1 Å². The zero-order valence-corrected chi connectivity index (χ0v) is 20.5. The van der Waals surface area contributed by atoms with Crippen molar-refractivity contribution in [2.24, 2.45) is 0 Å². The summed E-state index contributed by atoms with van der Waals surface area (Å²) in [5.74, 6) is -0.0155. The number of amides is 3. The third kappa shape index (κ3) is 5.43. The molecule has 1 aromatic heterocycles. The second-order valence-corrected chi connectivity index (χ2v) is 8.78. The molecule has 1 aliphatic heterocycles. The van der Waals surface area contributed by atoms with Crippen molar-refractivity contribution in [3.8, 4) is 5.75 Å². The zero-order valence-electron chi connectivity index (χ0n) is 19.7. The summed E-state index contributed by atoms with van der Waals surface area (Å²) in [5, 5.41) is 2.63. The summed E-state index contributed by atoms with van der Waals surface area (Å²) >= 11 is 5.84. The number of hydrogen-bond donors (Lipinski definition) is 1. The summed E-state index contributed by atoms with van der Waals surface area (Å²) in [6.07, 6.45) is 2.68. The summed E-state index contributed by atoms with van der Waals surface area (Å²) < 4.78 is 21.0. The molecular weight excluding hydrogens is 471 g/mol. The van der Waals surface area contributed by atoms with E-state index in [1.54, 1.807) is 7.11 Å². The van der Waals surface area contributed by atoms with Gasteiger partial charge in [-0.15, -0.1) is 0 Å². The Hall–Kier alpha value is -3.52. The van der Waals surface area contributed by atoms with Gasteiger partial charge in [0.25, 0.3) is 0 Å². The number of halogens is 2. The van der Waals surface area contributed by atoms with E-state index in [1.165, 1.54) is 23.1 Å². The van der Waals surface area contributed by atoms with Crippen molar-refractivity contribution in [3.05, 3.63) is 82.9 Å². The van der Waals surface area contributed by atoms with Gasteiger partial charge in [-0.05, 0) is 54.4 Å². The van der Waals surface area contributed by atoms with Crippen LogP contribution in [-0.4, -0.2) is 53.0 Å². The van der Waals surface area contributed by atoms with Crippen molar-refractivity contribution in [2.45, 2.75) is 25.9 Å². The number of nitrogens with one attached hydrogen (secondary N) is 1. The Morgan fingerprint density at radius 2 is 2.00 bits per heavy atom. The van der Waals surface area contributed by atoms with Crippen LogP contribution in [0.3, 0.4) is 0 Å². The molecule has 9 heteroatoms. The predicted octanol–water partition coefficient (Wildman–Crippen LogP) is 5.16. The number of carbonyl (C=O) groups excluding carboxylic acids is 2. The van der Waals surface area contributed by atoms with E-state index < -0.39 is 11.8 Å². The molecule has 0 fully saturated rings. The highest BCUT2D eigenvalue weighted by Crippen LogP contribution is 2.34. The van der Waals surface area contributed by atoms with Gasteiger partial charge in [-0.1, -0.05) is 30.7 Å². The van der Waals surface area contributed by atoms with Crippen molar-refractivity contribution >= 4 is 29.2 Å². The first kappa shape index (κ1) is 24.6. The molecule has 0 bridgehead atoms. The number of carbonyl (C=O) groups is 2. The number of ether oxygens (including phenoxy) is 1. The van der Waals surface area contributed by atoms with E-state index in [9.17, 15) is 14.0 Å². The van der Waals surface area contributed by atoms with E-state index in [4.69, 9.17) is 16.3 Å². The fourth-order valence-corrected chi connectivity index (χ4v) is 4.55. The topological polar surface area (TPSA) is 66.8 Å². The van der Waals surface area contributed by atoms with Crippen LogP contribution in [0.25, 0.3) is 0 Å². The molecule has 3 aromatic rings. The summed E-state index contributed by atoms with van der Waals surface area (Å²) in [6, 6.07) is 14.9. The second-order valence-electron chi connectivity index (χ2n) is 8.37. The van der Waals surface area contributed by atoms with Gasteiger partial charge in [0.1, 0.15) is 18.1 Å². The number of urea groups is 1. The van der Waals surface area contributed by atoms with Gasteiger partial charge in [-0.25, -0.2) is 9.18 Å². The third-order valence-corrected chi connectivity index (χ3v) is 6.34. The zero-order chi connectivity index (χ0) is 24.9. The number of rotatable bonds is 7. The number of anilines is 1. The van der Waals surface area contributed by atoms with Gasteiger partial charge >= 0.3 is 6.03 Å². The van der Waals surface area contributed by atoms with Gasteiger partial charge in [0.15, 0.2) is 0 Å². The van der Waals surface area contributed by atoms with Crippen molar-refractivity contribution in [1.82, 2.24) is 14.4 Å². The molecule has 1 aliphatic rings. The lowest BCUT2D eigenvalue weighted by atomic mass is 9.99. The largest absolute Gasteiger partial charge is 0.497 e. The molecule has 4 rings (SSSR count). The average Bonchev–Trinajstić information content (AvgIpc) is 3.34. The average molecular weight is 499 g/mol. The smallest absolute Gasteiger partial charge is 0.322 e. The Bertz CT molecular complexity index is 1210. The Labute approximate surface area is 209 Å². The molecule has 0 aliphatic carbocycles. The van der Waals surface area contributed by atoms with Gasteiger partial charge in [-0.3, -0.25) is 4.79 Å². The number of benzene rings is 2. The molecule has 1 unspecified atom stereocenters. The summed E-state index contributed by atoms with van der Waals surface area (Å²) in [4.78, 5) is 29.9. The number of methoxy groups -OCH3 is 1. The maximum Gasteiger partial charge on any atom is 0.322 e. The van der Waals surface area contributed by atoms with Crippen LogP contribution >= 0.6 is 11.6 Å². The van der Waals surface area contributed by atoms with E-state index >= 15 is 0 Å². The first-order valence-electron chi connectivity index (χ1n) is 11.5. The van der Waals surface area contributed by atoms with Crippen molar-refractivity contribution in [3.63, 3.8) is 0 Å². The molecule has 184 valence electrons. The number of nitrogens with zero attached hydrogens (tertiary/aromatic N) is 3. The highest BCUT2D eigenvalue weighted by Gasteiger charge is 2.33. The van der Waals surface area contributed by atoms with Crippen LogP contribution in [0.1, 0.15) is 30.6 Å². The summed E-state index contributed by atoms with van der Waals surface area (Å²) in [6.45, 7) is 3.42. The molecule has 1 N–H and O–H groups in total. The molecule has 0 spiro atoms. The molecule has 35 heavy (non-hydrogen) atoms. The van der Waals surface area contributed by atoms with Crippen LogP contribution in [0.15, 0.2) is 60.8 Å². The maximum atomic E-state index is 13.6. The van der Waals surface area contributed by atoms with Crippen molar-refractivity contribution in [1.29, 1.82) is 0 Å². The lowest BCUT2D eigenvalue weighted by Crippen LogP contribution is -2.48. The second kappa shape index (κ2) is 10.8. The van der Waals surface area contributed by atoms with Crippen molar-refractivity contribution in [2.75, 3.05) is 32.1 Å². The minimum atomic E-state index is -0.566. The van der Waals surface area contributed by atoms with Crippen LogP contribution in [-0.2, 0) is 11.3 Å². The van der Waals surface area contributed by atoms with E-state index in [-0.39, 0.29) is 23.5 Å². The number of aromatic nitrogens is 1. The molecule has 1 atom stereocenters. The van der Waals surface area contributed by atoms with Crippen LogP contribution in [0.2, 0.25) is 5.02 Å². The number of hydrogen-bond acceptors (Lipinski definition) is 3. The van der Waals surface area contributed by atoms with E-state index in [1.807, 2.05) is 54.4 Å². The Morgan fingerprint density at radius 1 is 1.17 bits per heavy atom. The monoisotopic (exact) mass is 498 g/mol. The van der Waals surface area contributed by atoms with Crippen molar-refractivity contribution < 1.29 is 18.7 Å². The van der Waals surface area contributed by atoms with Crippen LogP contribution in [0, 0.1) is 5.82 Å². The lowest BCUT2D eigenvalue weighted by Gasteiger charge is -2.38. The number of fused-ring (bicyclic) bond motifs is 1. The fraction of sp³-hybridized carbons (Fsp3) is 0.308. The minimum Gasteiger partial charge on any atom is -0.497 e. The first-order chi connectivity index (χ1) is 16.9. The molecular formula is C26H28ClFN4O3. The van der Waals surface area contributed by atoms with Gasteiger partial charge in [0.2, 0.25) is 5.91 Å². The van der Waals surface area contributed by atoms with E-state index in [0.717, 1.165) is 11.3 Å². The Kier molecular flexibility index (Phi) is 7.60. The maximum absolute atomic E-state index is 13.6. The molecule has 2 heterocycles. The molecule has 0 saturated carbocycles. The van der Waals surface area contributed by atoms with E-state index in [0.29, 0.717) is 37.5 Å². The minimum absolute atomic E-state index is 0.0848. The Morgan fingerprint density at radius 3 is 2.74 bits per heavy atom. The summed E-state index contributed by atoms with van der Waals surface area (Å²) in [7, 11) is 1.61.